The zero-order valence-corrected chi connectivity index (χ0v) is 18.9. The van der Waals surface area contributed by atoms with Crippen LogP contribution >= 0.6 is 0 Å². The van der Waals surface area contributed by atoms with Gasteiger partial charge in [0.2, 0.25) is 0 Å². The summed E-state index contributed by atoms with van der Waals surface area (Å²) < 4.78 is 11.7. The van der Waals surface area contributed by atoms with Gasteiger partial charge in [-0.05, 0) is 57.3 Å². The molecule has 26 heavy (non-hydrogen) atoms. The van der Waals surface area contributed by atoms with E-state index in [-0.39, 0.29) is 17.5 Å². The number of hydrogen-bond donors (Lipinski definition) is 1. The fourth-order valence-corrected chi connectivity index (χ4v) is 3.55. The highest BCUT2D eigenvalue weighted by atomic mass is 28.4. The van der Waals surface area contributed by atoms with Gasteiger partial charge in [0.25, 0.3) is 0 Å². The number of carbonyl (C=O) groups is 1. The highest BCUT2D eigenvalue weighted by Gasteiger charge is 2.43. The molecule has 0 rings (SSSR count). The lowest BCUT2D eigenvalue weighted by Gasteiger charge is -2.43. The standard InChI is InChI=1S/C17H36N4O4Si/c1-12(11-19-20-18)14(25-26(9,10)17(6,7)8)13(2)21(23)15(22)24-16(3,4)5/h12-14,23H,11H2,1-10H3/t12-,13+,14+/m0/s1. The molecule has 0 saturated carbocycles. The molecule has 1 amide bonds. The molecule has 8 nitrogen and oxygen atoms in total. The second-order valence-electron chi connectivity index (χ2n) is 9.30. The zero-order valence-electron chi connectivity index (χ0n) is 17.9. The molecule has 0 bridgehead atoms. The van der Waals surface area contributed by atoms with Gasteiger partial charge in [0, 0.05) is 11.5 Å². The topological polar surface area (TPSA) is 108 Å². The molecule has 152 valence electrons. The Morgan fingerprint density at radius 1 is 1.23 bits per heavy atom. The summed E-state index contributed by atoms with van der Waals surface area (Å²) in [7, 11) is -2.18. The predicted molar refractivity (Wildman–Crippen MR) is 105 cm³/mol. The second-order valence-corrected chi connectivity index (χ2v) is 14.1. The van der Waals surface area contributed by atoms with Crippen LogP contribution in [0.3, 0.4) is 0 Å². The third kappa shape index (κ3) is 7.53. The second kappa shape index (κ2) is 9.08. The highest BCUT2D eigenvalue weighted by molar-refractivity contribution is 6.74. The van der Waals surface area contributed by atoms with Crippen LogP contribution in [0.5, 0.6) is 0 Å². The zero-order chi connectivity index (χ0) is 20.9. The number of ether oxygens (including phenoxy) is 1. The summed E-state index contributed by atoms with van der Waals surface area (Å²) in [5.41, 5.74) is 7.90. The van der Waals surface area contributed by atoms with Crippen LogP contribution < -0.4 is 0 Å². The molecule has 0 saturated heterocycles. The van der Waals surface area contributed by atoms with Crippen molar-refractivity contribution in [3.8, 4) is 0 Å². The van der Waals surface area contributed by atoms with Crippen LogP contribution in [0.4, 0.5) is 4.79 Å². The van der Waals surface area contributed by atoms with Gasteiger partial charge >= 0.3 is 6.09 Å². The summed E-state index contributed by atoms with van der Waals surface area (Å²) in [4.78, 5) is 15.0. The Hall–Kier alpha value is -1.28. The molecular formula is C17H36N4O4Si. The first kappa shape index (κ1) is 24.7. The van der Waals surface area contributed by atoms with Crippen molar-refractivity contribution in [2.24, 2.45) is 11.0 Å². The lowest BCUT2D eigenvalue weighted by molar-refractivity contribution is -0.142. The first-order valence-corrected chi connectivity index (χ1v) is 11.8. The van der Waals surface area contributed by atoms with Crippen molar-refractivity contribution in [1.82, 2.24) is 5.06 Å². The molecule has 1 N–H and O–H groups in total. The lowest BCUT2D eigenvalue weighted by Crippen LogP contribution is -2.54. The third-order valence-corrected chi connectivity index (χ3v) is 9.15. The SMILES string of the molecule is C[C@H]([C@H](O[Si](C)(C)C(C)(C)C)[C@@H](C)CN=[N+]=[N-])N(O)C(=O)OC(C)(C)C. The number of carbonyl (C=O) groups excluding carboxylic acids is 1. The molecular weight excluding hydrogens is 352 g/mol. The molecule has 0 heterocycles. The van der Waals surface area contributed by atoms with E-state index in [0.717, 1.165) is 0 Å². The van der Waals surface area contributed by atoms with E-state index in [1.54, 1.807) is 27.7 Å². The van der Waals surface area contributed by atoms with Gasteiger partial charge in [0.1, 0.15) is 5.60 Å². The number of hydroxylamine groups is 2. The summed E-state index contributed by atoms with van der Waals surface area (Å²) in [5, 5.41) is 14.5. The van der Waals surface area contributed by atoms with Gasteiger partial charge in [-0.25, -0.2) is 4.79 Å². The van der Waals surface area contributed by atoms with E-state index >= 15 is 0 Å². The van der Waals surface area contributed by atoms with Crippen molar-refractivity contribution in [2.45, 2.75) is 91.3 Å². The quantitative estimate of drug-likeness (QED) is 0.159. The lowest BCUT2D eigenvalue weighted by atomic mass is 9.99. The minimum absolute atomic E-state index is 0.0462. The van der Waals surface area contributed by atoms with Crippen molar-refractivity contribution < 1.29 is 19.2 Å². The number of azide groups is 1. The van der Waals surface area contributed by atoms with E-state index in [4.69, 9.17) is 14.7 Å². The Labute approximate surface area is 158 Å². The van der Waals surface area contributed by atoms with Gasteiger partial charge in [0.15, 0.2) is 8.32 Å². The highest BCUT2D eigenvalue weighted by Crippen LogP contribution is 2.39. The molecule has 0 aliphatic carbocycles. The molecule has 3 atom stereocenters. The molecule has 9 heteroatoms. The Morgan fingerprint density at radius 2 is 1.73 bits per heavy atom. The van der Waals surface area contributed by atoms with Crippen LogP contribution in [0.15, 0.2) is 5.11 Å². The molecule has 0 aliphatic heterocycles. The maximum absolute atomic E-state index is 12.2. The van der Waals surface area contributed by atoms with Crippen LogP contribution in [0, 0.1) is 5.92 Å². The Balaban J connectivity index is 5.56. The molecule has 0 unspecified atom stereocenters. The molecule has 0 aromatic heterocycles. The molecule has 0 spiro atoms. The monoisotopic (exact) mass is 388 g/mol. The average molecular weight is 389 g/mol. The van der Waals surface area contributed by atoms with Crippen molar-refractivity contribution in [1.29, 1.82) is 0 Å². The van der Waals surface area contributed by atoms with Crippen molar-refractivity contribution >= 4 is 14.4 Å². The minimum Gasteiger partial charge on any atom is -0.442 e. The minimum atomic E-state index is -2.18. The van der Waals surface area contributed by atoms with Gasteiger partial charge in [-0.3, -0.25) is 5.21 Å². The van der Waals surface area contributed by atoms with Crippen LogP contribution in [-0.2, 0) is 9.16 Å². The molecule has 0 aromatic carbocycles. The van der Waals surface area contributed by atoms with Gasteiger partial charge in [-0.15, -0.1) is 0 Å². The molecule has 0 aliphatic rings. The Morgan fingerprint density at radius 3 is 2.12 bits per heavy atom. The molecule has 0 fully saturated rings. The fraction of sp³-hybridized carbons (Fsp3) is 0.941. The summed E-state index contributed by atoms with van der Waals surface area (Å²) in [6, 6.07) is -0.664. The van der Waals surface area contributed by atoms with Crippen LogP contribution in [0.1, 0.15) is 55.4 Å². The van der Waals surface area contributed by atoms with Gasteiger partial charge < -0.3 is 9.16 Å². The average Bonchev–Trinajstić information content (AvgIpc) is 2.45. The van der Waals surface area contributed by atoms with Crippen LogP contribution in [0.25, 0.3) is 10.4 Å². The third-order valence-electron chi connectivity index (χ3n) is 4.67. The maximum Gasteiger partial charge on any atom is 0.434 e. The number of amides is 1. The van der Waals surface area contributed by atoms with E-state index in [1.165, 1.54) is 0 Å². The number of nitrogens with zero attached hydrogens (tertiary/aromatic N) is 4. The number of rotatable bonds is 7. The van der Waals surface area contributed by atoms with E-state index in [1.807, 2.05) is 6.92 Å². The van der Waals surface area contributed by atoms with Crippen LogP contribution in [-0.4, -0.2) is 49.0 Å². The van der Waals surface area contributed by atoms with E-state index in [9.17, 15) is 10.0 Å². The van der Waals surface area contributed by atoms with Crippen molar-refractivity contribution in [3.05, 3.63) is 10.4 Å². The summed E-state index contributed by atoms with van der Waals surface area (Å²) >= 11 is 0. The largest absolute Gasteiger partial charge is 0.442 e. The van der Waals surface area contributed by atoms with Gasteiger partial charge in [0.05, 0.1) is 12.1 Å². The first-order chi connectivity index (χ1) is 11.5. The fourth-order valence-electron chi connectivity index (χ4n) is 2.09. The van der Waals surface area contributed by atoms with E-state index < -0.39 is 32.2 Å². The summed E-state index contributed by atoms with van der Waals surface area (Å²) in [5.74, 6) is -0.188. The van der Waals surface area contributed by atoms with Gasteiger partial charge in [-0.1, -0.05) is 32.8 Å². The van der Waals surface area contributed by atoms with Crippen molar-refractivity contribution in [2.75, 3.05) is 6.54 Å². The van der Waals surface area contributed by atoms with E-state index in [0.29, 0.717) is 5.06 Å². The summed E-state index contributed by atoms with van der Waals surface area (Å²) in [6.45, 7) is 19.5. The predicted octanol–water partition coefficient (Wildman–Crippen LogP) is 5.34. The van der Waals surface area contributed by atoms with Crippen molar-refractivity contribution in [3.63, 3.8) is 0 Å². The normalized spacial score (nSPS) is 16.3. The maximum atomic E-state index is 12.2. The number of hydrogen-bond acceptors (Lipinski definition) is 5. The smallest absolute Gasteiger partial charge is 0.434 e. The van der Waals surface area contributed by atoms with Crippen LogP contribution in [0.2, 0.25) is 18.1 Å². The Bertz CT molecular complexity index is 522. The summed E-state index contributed by atoms with van der Waals surface area (Å²) in [6.07, 6.45) is -1.33. The van der Waals surface area contributed by atoms with Gasteiger partial charge in [-0.2, -0.15) is 5.06 Å². The Kier molecular flexibility index (Phi) is 8.63. The first-order valence-electron chi connectivity index (χ1n) is 8.93. The van der Waals surface area contributed by atoms with E-state index in [2.05, 4.69) is 43.9 Å². The molecule has 0 aromatic rings. The molecule has 0 radical (unpaired) electrons.